The SMILES string of the molecule is COCCNC1(C#N)C2CCC1Cc1ccccc1C2. The Balaban J connectivity index is 1.89. The van der Waals surface area contributed by atoms with Gasteiger partial charge in [-0.2, -0.15) is 5.26 Å². The summed E-state index contributed by atoms with van der Waals surface area (Å²) in [5, 5.41) is 13.4. The first kappa shape index (κ1) is 13.6. The molecule has 2 atom stereocenters. The summed E-state index contributed by atoms with van der Waals surface area (Å²) >= 11 is 0. The van der Waals surface area contributed by atoms with Gasteiger partial charge in [0.05, 0.1) is 12.7 Å². The van der Waals surface area contributed by atoms with Crippen LogP contribution < -0.4 is 5.32 Å². The molecule has 3 rings (SSSR count). The van der Waals surface area contributed by atoms with Crippen molar-refractivity contribution in [3.05, 3.63) is 35.4 Å². The maximum Gasteiger partial charge on any atom is 0.113 e. The zero-order valence-electron chi connectivity index (χ0n) is 12.1. The molecule has 2 aliphatic carbocycles. The van der Waals surface area contributed by atoms with Crippen LogP contribution in [0.5, 0.6) is 0 Å². The van der Waals surface area contributed by atoms with Crippen molar-refractivity contribution < 1.29 is 4.74 Å². The molecule has 2 aliphatic rings. The molecule has 20 heavy (non-hydrogen) atoms. The predicted molar refractivity (Wildman–Crippen MR) is 78.3 cm³/mol. The van der Waals surface area contributed by atoms with E-state index in [4.69, 9.17) is 4.74 Å². The van der Waals surface area contributed by atoms with E-state index >= 15 is 0 Å². The average Bonchev–Trinajstić information content (AvgIpc) is 2.71. The van der Waals surface area contributed by atoms with Gasteiger partial charge in [0.15, 0.2) is 0 Å². The zero-order valence-corrected chi connectivity index (χ0v) is 12.1. The first-order valence-corrected chi connectivity index (χ1v) is 7.52. The van der Waals surface area contributed by atoms with E-state index in [1.165, 1.54) is 11.1 Å². The van der Waals surface area contributed by atoms with Gasteiger partial charge in [0.25, 0.3) is 0 Å². The fourth-order valence-corrected chi connectivity index (χ4v) is 4.07. The summed E-state index contributed by atoms with van der Waals surface area (Å²) in [6, 6.07) is 11.3. The van der Waals surface area contributed by atoms with Crippen LogP contribution in [0.3, 0.4) is 0 Å². The highest BCUT2D eigenvalue weighted by molar-refractivity contribution is 5.34. The molecule has 106 valence electrons. The van der Waals surface area contributed by atoms with Crippen LogP contribution in [0.1, 0.15) is 24.0 Å². The highest BCUT2D eigenvalue weighted by atomic mass is 16.5. The van der Waals surface area contributed by atoms with E-state index in [2.05, 4.69) is 35.7 Å². The molecule has 0 aliphatic heterocycles. The topological polar surface area (TPSA) is 45.0 Å². The Kier molecular flexibility index (Phi) is 3.78. The lowest BCUT2D eigenvalue weighted by Gasteiger charge is -2.33. The minimum absolute atomic E-state index is 0.364. The van der Waals surface area contributed by atoms with E-state index in [0.717, 1.165) is 32.2 Å². The summed E-state index contributed by atoms with van der Waals surface area (Å²) in [5.41, 5.74) is 2.51. The summed E-state index contributed by atoms with van der Waals surface area (Å²) in [6.07, 6.45) is 4.37. The Hall–Kier alpha value is -1.37. The quantitative estimate of drug-likeness (QED) is 0.854. The van der Waals surface area contributed by atoms with Crippen molar-refractivity contribution in [1.82, 2.24) is 5.32 Å². The van der Waals surface area contributed by atoms with Crippen LogP contribution in [0.15, 0.2) is 24.3 Å². The minimum Gasteiger partial charge on any atom is -0.383 e. The molecule has 0 heterocycles. The van der Waals surface area contributed by atoms with Gasteiger partial charge in [0, 0.05) is 13.7 Å². The van der Waals surface area contributed by atoms with Gasteiger partial charge in [0.2, 0.25) is 0 Å². The molecule has 1 saturated carbocycles. The summed E-state index contributed by atoms with van der Waals surface area (Å²) in [6.45, 7) is 1.42. The van der Waals surface area contributed by atoms with Crippen molar-refractivity contribution in [2.75, 3.05) is 20.3 Å². The second-order valence-electron chi connectivity index (χ2n) is 6.05. The van der Waals surface area contributed by atoms with Crippen LogP contribution in [0.25, 0.3) is 0 Å². The number of ether oxygens (including phenoxy) is 1. The number of hydrogen-bond acceptors (Lipinski definition) is 3. The van der Waals surface area contributed by atoms with Crippen molar-refractivity contribution in [3.63, 3.8) is 0 Å². The fraction of sp³-hybridized carbons (Fsp3) is 0.588. The predicted octanol–water partition coefficient (Wildman–Crippen LogP) is 2.31. The van der Waals surface area contributed by atoms with Gasteiger partial charge in [-0.15, -0.1) is 0 Å². The van der Waals surface area contributed by atoms with Gasteiger partial charge in [-0.1, -0.05) is 24.3 Å². The molecule has 1 aromatic carbocycles. The smallest absolute Gasteiger partial charge is 0.113 e. The molecule has 1 N–H and O–H groups in total. The minimum atomic E-state index is -0.364. The third-order valence-corrected chi connectivity index (χ3v) is 5.11. The standard InChI is InChI=1S/C17H22N2O/c1-20-9-8-19-17(12-18)15-6-7-16(17)11-14-5-3-2-4-13(14)10-15/h2-5,15-16,19H,6-11H2,1H3. The van der Waals surface area contributed by atoms with E-state index in [-0.39, 0.29) is 5.54 Å². The van der Waals surface area contributed by atoms with Crippen molar-refractivity contribution in [1.29, 1.82) is 5.26 Å². The van der Waals surface area contributed by atoms with E-state index < -0.39 is 0 Å². The van der Waals surface area contributed by atoms with Crippen molar-refractivity contribution in [2.45, 2.75) is 31.2 Å². The summed E-state index contributed by atoms with van der Waals surface area (Å²) in [5.74, 6) is 0.857. The Labute approximate surface area is 120 Å². The second-order valence-corrected chi connectivity index (χ2v) is 6.05. The first-order chi connectivity index (χ1) is 9.80. The lowest BCUT2D eigenvalue weighted by Crippen LogP contribution is -2.53. The van der Waals surface area contributed by atoms with Crippen LogP contribution in [-0.4, -0.2) is 25.8 Å². The van der Waals surface area contributed by atoms with Gasteiger partial charge in [-0.3, -0.25) is 5.32 Å². The van der Waals surface area contributed by atoms with Gasteiger partial charge in [-0.05, 0) is 48.6 Å². The number of nitrogens with one attached hydrogen (secondary N) is 1. The molecule has 1 aromatic rings. The Morgan fingerprint density at radius 3 is 2.35 bits per heavy atom. The largest absolute Gasteiger partial charge is 0.383 e. The maximum absolute atomic E-state index is 9.87. The second kappa shape index (κ2) is 5.55. The number of benzene rings is 1. The number of hydrogen-bond donors (Lipinski definition) is 1. The Morgan fingerprint density at radius 2 is 1.85 bits per heavy atom. The molecule has 0 spiro atoms. The molecule has 2 bridgehead atoms. The zero-order chi connectivity index (χ0) is 14.0. The van der Waals surface area contributed by atoms with E-state index in [0.29, 0.717) is 18.4 Å². The molecule has 1 fully saturated rings. The molecular formula is C17H22N2O. The molecule has 3 heteroatoms. The third-order valence-electron chi connectivity index (χ3n) is 5.11. The third kappa shape index (κ3) is 2.13. The molecular weight excluding hydrogens is 248 g/mol. The summed E-state index contributed by atoms with van der Waals surface area (Å²) < 4.78 is 5.13. The van der Waals surface area contributed by atoms with Gasteiger partial charge < -0.3 is 4.74 Å². The molecule has 0 aromatic heterocycles. The van der Waals surface area contributed by atoms with Gasteiger partial charge in [-0.25, -0.2) is 0 Å². The Morgan fingerprint density at radius 1 is 1.25 bits per heavy atom. The summed E-state index contributed by atoms with van der Waals surface area (Å²) in [4.78, 5) is 0. The average molecular weight is 270 g/mol. The highest BCUT2D eigenvalue weighted by Crippen LogP contribution is 2.46. The molecule has 0 saturated heterocycles. The van der Waals surface area contributed by atoms with Crippen molar-refractivity contribution >= 4 is 0 Å². The van der Waals surface area contributed by atoms with Crippen molar-refractivity contribution in [3.8, 4) is 6.07 Å². The van der Waals surface area contributed by atoms with Crippen LogP contribution in [0.2, 0.25) is 0 Å². The van der Waals surface area contributed by atoms with Crippen LogP contribution >= 0.6 is 0 Å². The highest BCUT2D eigenvalue weighted by Gasteiger charge is 2.51. The van der Waals surface area contributed by atoms with Crippen molar-refractivity contribution in [2.24, 2.45) is 11.8 Å². The number of nitriles is 1. The van der Waals surface area contributed by atoms with Gasteiger partial charge >= 0.3 is 0 Å². The molecule has 0 radical (unpaired) electrons. The number of methoxy groups -OCH3 is 1. The van der Waals surface area contributed by atoms with Crippen LogP contribution in [0.4, 0.5) is 0 Å². The normalized spacial score (nSPS) is 31.4. The molecule has 0 amide bonds. The first-order valence-electron chi connectivity index (χ1n) is 7.52. The Bertz CT molecular complexity index is 487. The lowest BCUT2D eigenvalue weighted by molar-refractivity contribution is 0.173. The van der Waals surface area contributed by atoms with E-state index in [1.54, 1.807) is 7.11 Å². The van der Waals surface area contributed by atoms with E-state index in [1.807, 2.05) is 0 Å². The van der Waals surface area contributed by atoms with E-state index in [9.17, 15) is 5.26 Å². The van der Waals surface area contributed by atoms with Crippen LogP contribution in [-0.2, 0) is 17.6 Å². The number of fused-ring (bicyclic) bond motifs is 3. The van der Waals surface area contributed by atoms with Gasteiger partial charge in [0.1, 0.15) is 5.54 Å². The number of nitrogens with zero attached hydrogens (tertiary/aromatic N) is 1. The fourth-order valence-electron chi connectivity index (χ4n) is 4.07. The number of rotatable bonds is 4. The lowest BCUT2D eigenvalue weighted by atomic mass is 9.80. The molecule has 3 nitrogen and oxygen atoms in total. The summed E-state index contributed by atoms with van der Waals surface area (Å²) in [7, 11) is 1.71. The monoisotopic (exact) mass is 270 g/mol. The molecule has 2 unspecified atom stereocenters. The van der Waals surface area contributed by atoms with Crippen LogP contribution in [0, 0.1) is 23.2 Å². The maximum atomic E-state index is 9.87.